The molecule has 0 aliphatic heterocycles. The zero-order valence-corrected chi connectivity index (χ0v) is 12.4. The molecule has 0 amide bonds. The van der Waals surface area contributed by atoms with Gasteiger partial charge in [0, 0.05) is 15.2 Å². The van der Waals surface area contributed by atoms with E-state index in [2.05, 4.69) is 70.0 Å². The van der Waals surface area contributed by atoms with Gasteiger partial charge < -0.3 is 5.73 Å². The third kappa shape index (κ3) is 2.48. The van der Waals surface area contributed by atoms with E-state index in [1.807, 2.05) is 18.3 Å². The number of aromatic nitrogens is 1. The SMILES string of the molecule is NC(c1ccc(I)cc1)c1cccc2cccnc12. The van der Waals surface area contributed by atoms with Crippen LogP contribution in [0.25, 0.3) is 10.9 Å². The van der Waals surface area contributed by atoms with Crippen LogP contribution in [-0.4, -0.2) is 4.98 Å². The number of nitrogens with zero attached hydrogens (tertiary/aromatic N) is 1. The number of para-hydroxylation sites is 1. The van der Waals surface area contributed by atoms with E-state index in [0.717, 1.165) is 22.0 Å². The molecule has 2 aromatic carbocycles. The Kier molecular flexibility index (Phi) is 3.48. The second-order valence-electron chi connectivity index (χ2n) is 4.45. The molecule has 0 saturated carbocycles. The summed E-state index contributed by atoms with van der Waals surface area (Å²) in [5, 5.41) is 1.13. The van der Waals surface area contributed by atoms with Crippen molar-refractivity contribution in [2.75, 3.05) is 0 Å². The Morgan fingerprint density at radius 2 is 1.68 bits per heavy atom. The van der Waals surface area contributed by atoms with Crippen LogP contribution in [0.3, 0.4) is 0 Å². The molecule has 0 aliphatic carbocycles. The zero-order valence-electron chi connectivity index (χ0n) is 10.3. The number of fused-ring (bicyclic) bond motifs is 1. The summed E-state index contributed by atoms with van der Waals surface area (Å²) in [6, 6.07) is 18.3. The van der Waals surface area contributed by atoms with Crippen LogP contribution in [0.5, 0.6) is 0 Å². The molecule has 94 valence electrons. The first-order valence-corrected chi connectivity index (χ1v) is 7.18. The highest BCUT2D eigenvalue weighted by molar-refractivity contribution is 14.1. The summed E-state index contributed by atoms with van der Waals surface area (Å²) in [4.78, 5) is 4.46. The Balaban J connectivity index is 2.11. The summed E-state index contributed by atoms with van der Waals surface area (Å²) in [6.07, 6.45) is 1.81. The number of halogens is 1. The van der Waals surface area contributed by atoms with Crippen molar-refractivity contribution < 1.29 is 0 Å². The Bertz CT molecular complexity index is 702. The minimum absolute atomic E-state index is 0.143. The number of hydrogen-bond acceptors (Lipinski definition) is 2. The molecule has 2 nitrogen and oxygen atoms in total. The van der Waals surface area contributed by atoms with Gasteiger partial charge in [-0.2, -0.15) is 0 Å². The van der Waals surface area contributed by atoms with Gasteiger partial charge in [-0.1, -0.05) is 36.4 Å². The summed E-state index contributed by atoms with van der Waals surface area (Å²) >= 11 is 2.30. The van der Waals surface area contributed by atoms with Crippen LogP contribution in [0.2, 0.25) is 0 Å². The van der Waals surface area contributed by atoms with Crippen molar-refractivity contribution in [1.29, 1.82) is 0 Å². The van der Waals surface area contributed by atoms with Gasteiger partial charge in [-0.15, -0.1) is 0 Å². The van der Waals surface area contributed by atoms with E-state index in [4.69, 9.17) is 5.73 Å². The van der Waals surface area contributed by atoms with Gasteiger partial charge in [-0.05, 0) is 51.9 Å². The maximum atomic E-state index is 6.39. The van der Waals surface area contributed by atoms with E-state index in [1.54, 1.807) is 0 Å². The lowest BCUT2D eigenvalue weighted by Gasteiger charge is -2.14. The summed E-state index contributed by atoms with van der Waals surface area (Å²) < 4.78 is 1.21. The molecule has 0 fully saturated rings. The third-order valence-electron chi connectivity index (χ3n) is 3.23. The normalized spacial score (nSPS) is 12.5. The van der Waals surface area contributed by atoms with Crippen molar-refractivity contribution in [1.82, 2.24) is 4.98 Å². The van der Waals surface area contributed by atoms with Gasteiger partial charge in [0.25, 0.3) is 0 Å². The molecular weight excluding hydrogens is 347 g/mol. The predicted octanol–water partition coefficient (Wildman–Crippen LogP) is 3.89. The summed E-state index contributed by atoms with van der Waals surface area (Å²) in [7, 11) is 0. The third-order valence-corrected chi connectivity index (χ3v) is 3.95. The first-order valence-electron chi connectivity index (χ1n) is 6.10. The van der Waals surface area contributed by atoms with Crippen molar-refractivity contribution in [3.05, 3.63) is 75.5 Å². The lowest BCUT2D eigenvalue weighted by Crippen LogP contribution is -2.12. The van der Waals surface area contributed by atoms with Gasteiger partial charge in [0.2, 0.25) is 0 Å². The molecule has 0 saturated heterocycles. The van der Waals surface area contributed by atoms with E-state index in [-0.39, 0.29) is 6.04 Å². The molecule has 0 radical (unpaired) electrons. The van der Waals surface area contributed by atoms with E-state index in [1.165, 1.54) is 3.57 Å². The van der Waals surface area contributed by atoms with Crippen molar-refractivity contribution >= 4 is 33.5 Å². The van der Waals surface area contributed by atoms with Crippen LogP contribution in [0, 0.1) is 3.57 Å². The fourth-order valence-electron chi connectivity index (χ4n) is 2.23. The zero-order chi connectivity index (χ0) is 13.2. The molecule has 1 aromatic heterocycles. The van der Waals surface area contributed by atoms with Crippen LogP contribution < -0.4 is 5.73 Å². The van der Waals surface area contributed by atoms with Gasteiger partial charge >= 0.3 is 0 Å². The lowest BCUT2D eigenvalue weighted by molar-refractivity contribution is 0.877. The van der Waals surface area contributed by atoms with E-state index in [9.17, 15) is 0 Å². The molecule has 3 rings (SSSR count). The number of pyridine rings is 1. The maximum Gasteiger partial charge on any atom is 0.0753 e. The van der Waals surface area contributed by atoms with Crippen molar-refractivity contribution in [3.8, 4) is 0 Å². The molecule has 3 heteroatoms. The molecule has 1 atom stereocenters. The summed E-state index contributed by atoms with van der Waals surface area (Å²) in [5.74, 6) is 0. The molecule has 1 heterocycles. The summed E-state index contributed by atoms with van der Waals surface area (Å²) in [5.41, 5.74) is 9.55. The van der Waals surface area contributed by atoms with Gasteiger partial charge in [0.15, 0.2) is 0 Å². The van der Waals surface area contributed by atoms with Gasteiger partial charge in [0.1, 0.15) is 0 Å². The quantitative estimate of drug-likeness (QED) is 0.705. The van der Waals surface area contributed by atoms with Gasteiger partial charge in [0.05, 0.1) is 11.6 Å². The maximum absolute atomic E-state index is 6.39. The van der Waals surface area contributed by atoms with E-state index in [0.29, 0.717) is 0 Å². The highest BCUT2D eigenvalue weighted by atomic mass is 127. The average Bonchev–Trinajstić information content (AvgIpc) is 2.47. The van der Waals surface area contributed by atoms with Crippen LogP contribution in [-0.2, 0) is 0 Å². The van der Waals surface area contributed by atoms with Crippen LogP contribution in [0.15, 0.2) is 60.8 Å². The van der Waals surface area contributed by atoms with Crippen molar-refractivity contribution in [2.24, 2.45) is 5.73 Å². The first-order chi connectivity index (χ1) is 9.25. The monoisotopic (exact) mass is 360 g/mol. The van der Waals surface area contributed by atoms with Crippen LogP contribution in [0.1, 0.15) is 17.2 Å². The first kappa shape index (κ1) is 12.6. The minimum atomic E-state index is -0.143. The number of hydrogen-bond donors (Lipinski definition) is 1. The largest absolute Gasteiger partial charge is 0.320 e. The van der Waals surface area contributed by atoms with Gasteiger partial charge in [-0.25, -0.2) is 0 Å². The smallest absolute Gasteiger partial charge is 0.0753 e. The Hall–Kier alpha value is -1.46. The highest BCUT2D eigenvalue weighted by Crippen LogP contribution is 2.26. The fourth-order valence-corrected chi connectivity index (χ4v) is 2.59. The van der Waals surface area contributed by atoms with Crippen LogP contribution >= 0.6 is 22.6 Å². The number of benzene rings is 2. The Morgan fingerprint density at radius 3 is 2.47 bits per heavy atom. The molecule has 3 aromatic rings. The molecule has 0 spiro atoms. The second-order valence-corrected chi connectivity index (χ2v) is 5.70. The number of rotatable bonds is 2. The minimum Gasteiger partial charge on any atom is -0.320 e. The topological polar surface area (TPSA) is 38.9 Å². The molecule has 1 unspecified atom stereocenters. The molecule has 0 aliphatic rings. The fraction of sp³-hybridized carbons (Fsp3) is 0.0625. The summed E-state index contributed by atoms with van der Waals surface area (Å²) in [6.45, 7) is 0. The Morgan fingerprint density at radius 1 is 0.947 bits per heavy atom. The van der Waals surface area contributed by atoms with Crippen LogP contribution in [0.4, 0.5) is 0 Å². The van der Waals surface area contributed by atoms with Gasteiger partial charge in [-0.3, -0.25) is 4.98 Å². The average molecular weight is 360 g/mol. The predicted molar refractivity (Wildman–Crippen MR) is 86.9 cm³/mol. The molecular formula is C16H13IN2. The van der Waals surface area contributed by atoms with Crippen molar-refractivity contribution in [2.45, 2.75) is 6.04 Å². The standard InChI is InChI=1S/C16H13IN2/c17-13-8-6-11(7-9-13)15(18)14-5-1-3-12-4-2-10-19-16(12)14/h1-10,15H,18H2. The van der Waals surface area contributed by atoms with E-state index < -0.39 is 0 Å². The van der Waals surface area contributed by atoms with E-state index >= 15 is 0 Å². The molecule has 19 heavy (non-hydrogen) atoms. The Labute approximate surface area is 125 Å². The molecule has 2 N–H and O–H groups in total. The number of nitrogens with two attached hydrogens (primary N) is 1. The van der Waals surface area contributed by atoms with Crippen molar-refractivity contribution in [3.63, 3.8) is 0 Å². The second kappa shape index (κ2) is 5.27. The lowest BCUT2D eigenvalue weighted by atomic mass is 9.97. The molecule has 0 bridgehead atoms. The highest BCUT2D eigenvalue weighted by Gasteiger charge is 2.12.